The van der Waals surface area contributed by atoms with Crippen molar-refractivity contribution in [2.24, 2.45) is 5.92 Å². The Balaban J connectivity index is 2.72. The second-order valence-electron chi connectivity index (χ2n) is 8.37. The number of rotatable bonds is 13. The summed E-state index contributed by atoms with van der Waals surface area (Å²) in [6.45, 7) is 16.6. The van der Waals surface area contributed by atoms with Crippen LogP contribution in [0.15, 0.2) is 0 Å². The number of hydrogen-bond acceptors (Lipinski definition) is 3. The quantitative estimate of drug-likeness (QED) is 0.163. The molecule has 0 bridgehead atoms. The van der Waals surface area contributed by atoms with Crippen molar-refractivity contribution in [3.63, 3.8) is 0 Å². The third-order valence-electron chi connectivity index (χ3n) is 6.34. The number of ether oxygens (including phenoxy) is 1. The lowest BCUT2D eigenvalue weighted by Gasteiger charge is -2.49. The molecule has 0 aliphatic carbocycles. The molecule has 0 saturated carbocycles. The minimum Gasteiger partial charge on any atom is -0.374 e. The molecule has 0 unspecified atom stereocenters. The maximum Gasteiger partial charge on any atom is 0.238 e. The van der Waals surface area contributed by atoms with Gasteiger partial charge in [0, 0.05) is 12.3 Å². The summed E-state index contributed by atoms with van der Waals surface area (Å²) < 4.78 is 12.2. The summed E-state index contributed by atoms with van der Waals surface area (Å²) in [4.78, 5) is 6.25. The third kappa shape index (κ3) is 5.82. The first-order chi connectivity index (χ1) is 11.3. The molecule has 0 aromatic heterocycles. The van der Waals surface area contributed by atoms with Crippen molar-refractivity contribution in [1.82, 2.24) is 0 Å². The summed E-state index contributed by atoms with van der Waals surface area (Å²) in [7, 11) is -1.73. The van der Waals surface area contributed by atoms with Crippen molar-refractivity contribution in [2.45, 2.75) is 116 Å². The fourth-order valence-corrected chi connectivity index (χ4v) is 5.93. The van der Waals surface area contributed by atoms with Crippen LogP contribution in [0.1, 0.15) is 87.0 Å². The smallest absolute Gasteiger partial charge is 0.238 e. The molecular formula is C20H42O3Si. The minimum atomic E-state index is -1.73. The van der Waals surface area contributed by atoms with Gasteiger partial charge in [0.2, 0.25) is 8.32 Å². The van der Waals surface area contributed by atoms with Gasteiger partial charge in [0.25, 0.3) is 0 Å². The van der Waals surface area contributed by atoms with Crippen LogP contribution >= 0.6 is 0 Å². The topological polar surface area (TPSA) is 27.7 Å². The van der Waals surface area contributed by atoms with E-state index in [0.29, 0.717) is 5.92 Å². The Kier molecular flexibility index (Phi) is 8.95. The van der Waals surface area contributed by atoms with Gasteiger partial charge in [-0.05, 0) is 38.4 Å². The summed E-state index contributed by atoms with van der Waals surface area (Å²) in [5, 5.41) is 0. The Morgan fingerprint density at radius 1 is 1.08 bits per heavy atom. The summed E-state index contributed by atoms with van der Waals surface area (Å²) in [5.74, 6) is 0.599. The highest BCUT2D eigenvalue weighted by Crippen LogP contribution is 2.42. The fourth-order valence-electron chi connectivity index (χ4n) is 3.70. The lowest BCUT2D eigenvalue weighted by molar-refractivity contribution is -0.324. The highest BCUT2D eigenvalue weighted by molar-refractivity contribution is 6.73. The summed E-state index contributed by atoms with van der Waals surface area (Å²) in [5.41, 5.74) is -0.299. The summed E-state index contributed by atoms with van der Waals surface area (Å²) in [6, 6.07) is 3.36. The lowest BCUT2D eigenvalue weighted by atomic mass is 9.76. The molecule has 1 aliphatic rings. The normalized spacial score (nSPS) is 26.9. The molecule has 24 heavy (non-hydrogen) atoms. The van der Waals surface area contributed by atoms with Crippen LogP contribution in [0.3, 0.4) is 0 Å². The monoisotopic (exact) mass is 358 g/mol. The van der Waals surface area contributed by atoms with Crippen molar-refractivity contribution in [2.75, 3.05) is 6.61 Å². The SMILES string of the molecule is CCCCCC[C@@](C)(C[C@@]1(C)OC[C@@H]1C)OO[Si](CC)(CC)CC. The zero-order valence-corrected chi connectivity index (χ0v) is 18.4. The molecule has 1 rings (SSSR count). The molecule has 3 atom stereocenters. The predicted molar refractivity (Wildman–Crippen MR) is 105 cm³/mol. The van der Waals surface area contributed by atoms with Gasteiger partial charge in [0.15, 0.2) is 0 Å². The van der Waals surface area contributed by atoms with E-state index in [0.717, 1.165) is 37.6 Å². The largest absolute Gasteiger partial charge is 0.374 e. The fraction of sp³-hybridized carbons (Fsp3) is 1.00. The summed E-state index contributed by atoms with van der Waals surface area (Å²) in [6.07, 6.45) is 7.04. The van der Waals surface area contributed by atoms with Gasteiger partial charge in [0.1, 0.15) is 5.60 Å². The highest BCUT2D eigenvalue weighted by atomic mass is 28.4. The van der Waals surface area contributed by atoms with Crippen molar-refractivity contribution < 1.29 is 14.2 Å². The van der Waals surface area contributed by atoms with Gasteiger partial charge >= 0.3 is 0 Å². The first-order valence-electron chi connectivity index (χ1n) is 10.3. The molecule has 0 N–H and O–H groups in total. The van der Waals surface area contributed by atoms with Crippen LogP contribution in [-0.4, -0.2) is 26.1 Å². The molecule has 1 fully saturated rings. The van der Waals surface area contributed by atoms with Gasteiger partial charge in [-0.15, -0.1) is 0 Å². The van der Waals surface area contributed by atoms with Gasteiger partial charge < -0.3 is 4.74 Å². The van der Waals surface area contributed by atoms with E-state index in [1.165, 1.54) is 25.7 Å². The first kappa shape index (κ1) is 22.1. The molecule has 0 amide bonds. The van der Waals surface area contributed by atoms with Gasteiger partial charge in [-0.2, -0.15) is 0 Å². The standard InChI is InChI=1S/C20H42O3Si/c1-8-12-13-14-15-19(6,17-20(7)18(5)16-21-20)22-23-24(9-2,10-3)11-4/h18H,8-17H2,1-7H3/t18-,19-,20+/m0/s1. The Bertz CT molecular complexity index is 351. The lowest BCUT2D eigenvalue weighted by Crippen LogP contribution is -2.55. The summed E-state index contributed by atoms with van der Waals surface area (Å²) >= 11 is 0. The molecule has 0 radical (unpaired) electrons. The molecule has 4 heteroatoms. The Morgan fingerprint density at radius 3 is 2.12 bits per heavy atom. The highest BCUT2D eigenvalue weighted by Gasteiger charge is 2.47. The zero-order chi connectivity index (χ0) is 18.3. The second-order valence-corrected chi connectivity index (χ2v) is 13.0. The average Bonchev–Trinajstić information content (AvgIpc) is 2.59. The van der Waals surface area contributed by atoms with Crippen molar-refractivity contribution in [3.05, 3.63) is 0 Å². The van der Waals surface area contributed by atoms with Crippen molar-refractivity contribution in [1.29, 1.82) is 0 Å². The third-order valence-corrected chi connectivity index (χ3v) is 10.6. The van der Waals surface area contributed by atoms with Crippen LogP contribution in [0, 0.1) is 5.92 Å². The Labute approximate surface area is 151 Å². The molecule has 1 saturated heterocycles. The van der Waals surface area contributed by atoms with E-state index < -0.39 is 8.32 Å². The maximum absolute atomic E-state index is 6.25. The van der Waals surface area contributed by atoms with Crippen LogP contribution in [0.4, 0.5) is 0 Å². The number of hydrogen-bond donors (Lipinski definition) is 0. The Morgan fingerprint density at radius 2 is 1.71 bits per heavy atom. The molecular weight excluding hydrogens is 316 g/mol. The van der Waals surface area contributed by atoms with Crippen LogP contribution in [0.25, 0.3) is 0 Å². The molecule has 1 heterocycles. The maximum atomic E-state index is 6.25. The molecule has 3 nitrogen and oxygen atoms in total. The van der Waals surface area contributed by atoms with E-state index in [-0.39, 0.29) is 11.2 Å². The van der Waals surface area contributed by atoms with Gasteiger partial charge in [0.05, 0.1) is 12.2 Å². The van der Waals surface area contributed by atoms with Crippen molar-refractivity contribution >= 4 is 8.32 Å². The van der Waals surface area contributed by atoms with Gasteiger partial charge in [-0.1, -0.05) is 60.3 Å². The van der Waals surface area contributed by atoms with E-state index in [2.05, 4.69) is 48.5 Å². The van der Waals surface area contributed by atoms with Crippen LogP contribution < -0.4 is 0 Å². The molecule has 0 spiro atoms. The van der Waals surface area contributed by atoms with E-state index in [1.807, 2.05) is 0 Å². The predicted octanol–water partition coefficient (Wildman–Crippen LogP) is 6.48. The van der Waals surface area contributed by atoms with Crippen LogP contribution in [0.2, 0.25) is 18.1 Å². The van der Waals surface area contributed by atoms with E-state index in [4.69, 9.17) is 14.2 Å². The van der Waals surface area contributed by atoms with E-state index in [1.54, 1.807) is 0 Å². The Hall–Kier alpha value is 0.0969. The van der Waals surface area contributed by atoms with Gasteiger partial charge in [-0.25, -0.2) is 4.89 Å². The minimum absolute atomic E-state index is 0.0578. The first-order valence-corrected chi connectivity index (χ1v) is 12.8. The molecule has 0 aromatic rings. The molecule has 144 valence electrons. The second kappa shape index (κ2) is 9.70. The van der Waals surface area contributed by atoms with E-state index in [9.17, 15) is 0 Å². The van der Waals surface area contributed by atoms with Crippen molar-refractivity contribution in [3.8, 4) is 0 Å². The molecule has 1 aliphatic heterocycles. The van der Waals surface area contributed by atoms with Crippen LogP contribution in [0.5, 0.6) is 0 Å². The van der Waals surface area contributed by atoms with Gasteiger partial charge in [-0.3, -0.25) is 4.58 Å². The zero-order valence-electron chi connectivity index (χ0n) is 17.4. The molecule has 0 aromatic carbocycles. The van der Waals surface area contributed by atoms with E-state index >= 15 is 0 Å². The number of unbranched alkanes of at least 4 members (excludes halogenated alkanes) is 3. The van der Waals surface area contributed by atoms with Crippen LogP contribution in [-0.2, 0) is 14.2 Å². The average molecular weight is 359 g/mol.